The van der Waals surface area contributed by atoms with E-state index in [-0.39, 0.29) is 0 Å². The van der Waals surface area contributed by atoms with Gasteiger partial charge in [-0.3, -0.25) is 0 Å². The Bertz CT molecular complexity index is 3130. The molecule has 0 unspecified atom stereocenters. The van der Waals surface area contributed by atoms with Crippen molar-refractivity contribution >= 4 is 82.8 Å². The highest BCUT2D eigenvalue weighted by Crippen LogP contribution is 2.46. The molecule has 0 aliphatic rings. The molecule has 11 rings (SSSR count). The largest absolute Gasteiger partial charge is 0.456 e. The Morgan fingerprint density at radius 2 is 1.10 bits per heavy atom. The molecule has 0 radical (unpaired) electrons. The van der Waals surface area contributed by atoms with Crippen molar-refractivity contribution in [2.24, 2.45) is 0 Å². The van der Waals surface area contributed by atoms with Crippen molar-refractivity contribution in [1.29, 1.82) is 0 Å². The zero-order chi connectivity index (χ0) is 34.2. The number of benzene rings is 8. The van der Waals surface area contributed by atoms with E-state index in [4.69, 9.17) is 18.2 Å². The van der Waals surface area contributed by atoms with E-state index >= 15 is 0 Å². The summed E-state index contributed by atoms with van der Waals surface area (Å²) in [7, 11) is 0. The Hall–Kier alpha value is -7.11. The first kappa shape index (κ1) is 28.7. The van der Waals surface area contributed by atoms with Crippen LogP contribution < -0.4 is 4.90 Å². The molecular weight excluding hydrogens is 641 g/mol. The van der Waals surface area contributed by atoms with E-state index in [1.54, 1.807) is 0 Å². The average Bonchev–Trinajstić information content (AvgIpc) is 3.91. The predicted octanol–water partition coefficient (Wildman–Crippen LogP) is 13.6. The number of hydrogen-bond donors (Lipinski definition) is 0. The molecule has 8 aromatic carbocycles. The van der Waals surface area contributed by atoms with Gasteiger partial charge in [-0.05, 0) is 94.7 Å². The van der Waals surface area contributed by atoms with Crippen molar-refractivity contribution in [3.05, 3.63) is 170 Å². The molecular formula is C47H28N2O3. The van der Waals surface area contributed by atoms with Crippen molar-refractivity contribution in [2.75, 3.05) is 4.90 Å². The second-order valence-corrected chi connectivity index (χ2v) is 13.1. The first-order valence-corrected chi connectivity index (χ1v) is 17.4. The Morgan fingerprint density at radius 1 is 0.404 bits per heavy atom. The van der Waals surface area contributed by atoms with Crippen molar-refractivity contribution in [3.8, 4) is 22.6 Å². The lowest BCUT2D eigenvalue weighted by Crippen LogP contribution is -2.10. The third kappa shape index (κ3) is 4.46. The maximum absolute atomic E-state index is 6.61. The van der Waals surface area contributed by atoms with Gasteiger partial charge in [-0.1, -0.05) is 91.0 Å². The fraction of sp³-hybridized carbons (Fsp3) is 0. The molecule has 0 fully saturated rings. The maximum Gasteiger partial charge on any atom is 0.228 e. The van der Waals surface area contributed by atoms with Crippen LogP contribution in [0.1, 0.15) is 0 Å². The van der Waals surface area contributed by atoms with Gasteiger partial charge in [0.1, 0.15) is 27.8 Å². The van der Waals surface area contributed by atoms with E-state index in [2.05, 4.69) is 114 Å². The van der Waals surface area contributed by atoms with E-state index in [0.717, 1.165) is 88.7 Å². The number of rotatable bonds is 5. The second-order valence-electron chi connectivity index (χ2n) is 13.1. The van der Waals surface area contributed by atoms with E-state index in [1.165, 1.54) is 10.8 Å². The summed E-state index contributed by atoms with van der Waals surface area (Å²) in [4.78, 5) is 7.13. The second kappa shape index (κ2) is 11.2. The number of anilines is 3. The van der Waals surface area contributed by atoms with Gasteiger partial charge in [0, 0.05) is 39.2 Å². The van der Waals surface area contributed by atoms with Crippen LogP contribution in [0.25, 0.3) is 88.3 Å². The van der Waals surface area contributed by atoms with E-state index in [0.29, 0.717) is 5.89 Å². The number of furan rings is 2. The summed E-state index contributed by atoms with van der Waals surface area (Å²) >= 11 is 0. The number of aromatic nitrogens is 1. The van der Waals surface area contributed by atoms with E-state index < -0.39 is 0 Å². The van der Waals surface area contributed by atoms with E-state index in [1.807, 2.05) is 60.7 Å². The number of para-hydroxylation sites is 3. The Morgan fingerprint density at radius 3 is 2.02 bits per heavy atom. The molecule has 52 heavy (non-hydrogen) atoms. The molecule has 5 heteroatoms. The Labute approximate surface area is 297 Å². The number of hydrogen-bond acceptors (Lipinski definition) is 5. The number of nitrogens with zero attached hydrogens (tertiary/aromatic N) is 2. The summed E-state index contributed by atoms with van der Waals surface area (Å²) < 4.78 is 19.2. The highest BCUT2D eigenvalue weighted by Gasteiger charge is 2.22. The Kier molecular flexibility index (Phi) is 6.18. The molecule has 0 N–H and O–H groups in total. The van der Waals surface area contributed by atoms with Gasteiger partial charge in [0.05, 0.1) is 11.1 Å². The van der Waals surface area contributed by atoms with Gasteiger partial charge in [-0.15, -0.1) is 0 Å². The summed E-state index contributed by atoms with van der Waals surface area (Å²) in [6.07, 6.45) is 0. The third-order valence-electron chi connectivity index (χ3n) is 10.1. The molecule has 0 amide bonds. The first-order valence-electron chi connectivity index (χ1n) is 17.4. The summed E-state index contributed by atoms with van der Waals surface area (Å²) in [5.74, 6) is 0.573. The zero-order valence-corrected chi connectivity index (χ0v) is 27.8. The van der Waals surface area contributed by atoms with Crippen LogP contribution in [-0.2, 0) is 0 Å². The summed E-state index contributed by atoms with van der Waals surface area (Å²) in [6, 6.07) is 58.7. The zero-order valence-electron chi connectivity index (χ0n) is 27.8. The molecule has 0 aliphatic heterocycles. The van der Waals surface area contributed by atoms with Crippen molar-refractivity contribution < 1.29 is 13.3 Å². The average molecular weight is 669 g/mol. The minimum Gasteiger partial charge on any atom is -0.456 e. The minimum atomic E-state index is 0.573. The molecule has 0 aliphatic carbocycles. The SMILES string of the molecule is c1cc(-c2ccc3ccccc3c2)cc(N(c2ccc3c(c2)oc2cccc(-c4nc5ccccc5o4)c23)c2cccc3oc4ccccc4c23)c1. The molecule has 3 heterocycles. The minimum absolute atomic E-state index is 0.573. The number of fused-ring (bicyclic) bond motifs is 8. The number of oxazole rings is 1. The van der Waals surface area contributed by atoms with Crippen LogP contribution in [0.5, 0.6) is 0 Å². The van der Waals surface area contributed by atoms with Crippen molar-refractivity contribution in [1.82, 2.24) is 4.98 Å². The predicted molar refractivity (Wildman–Crippen MR) is 212 cm³/mol. The highest BCUT2D eigenvalue weighted by atomic mass is 16.4. The molecule has 0 saturated heterocycles. The van der Waals surface area contributed by atoms with Gasteiger partial charge in [0.2, 0.25) is 5.89 Å². The molecule has 0 atom stereocenters. The Balaban J connectivity index is 1.13. The first-order chi connectivity index (χ1) is 25.7. The summed E-state index contributed by atoms with van der Waals surface area (Å²) in [5, 5.41) is 6.52. The molecule has 0 saturated carbocycles. The molecule has 3 aromatic heterocycles. The standard InChI is InChI=1S/C47H28N2O3/c1-2-11-30-26-32(23-22-29(30)10-1)31-12-7-13-33(27-31)49(39-17-9-21-43-46(39)35-14-3-5-18-40(35)50-43)34-24-25-36-44(28-34)51-42-20-8-15-37(45(36)42)47-48-38-16-4-6-19-41(38)52-47/h1-28H. The summed E-state index contributed by atoms with van der Waals surface area (Å²) in [6.45, 7) is 0. The maximum atomic E-state index is 6.61. The van der Waals surface area contributed by atoms with Crippen LogP contribution >= 0.6 is 0 Å². The highest BCUT2D eigenvalue weighted by molar-refractivity contribution is 6.15. The smallest absolute Gasteiger partial charge is 0.228 e. The van der Waals surface area contributed by atoms with Gasteiger partial charge in [-0.25, -0.2) is 4.98 Å². The fourth-order valence-electron chi connectivity index (χ4n) is 7.68. The lowest BCUT2D eigenvalue weighted by atomic mass is 10.00. The van der Waals surface area contributed by atoms with Crippen LogP contribution in [-0.4, -0.2) is 4.98 Å². The molecule has 11 aromatic rings. The molecule has 5 nitrogen and oxygen atoms in total. The third-order valence-corrected chi connectivity index (χ3v) is 10.1. The van der Waals surface area contributed by atoms with Gasteiger partial charge in [0.25, 0.3) is 0 Å². The van der Waals surface area contributed by atoms with Gasteiger partial charge >= 0.3 is 0 Å². The van der Waals surface area contributed by atoms with Crippen LogP contribution in [0.3, 0.4) is 0 Å². The van der Waals surface area contributed by atoms with Gasteiger partial charge in [0.15, 0.2) is 5.58 Å². The van der Waals surface area contributed by atoms with Crippen LogP contribution in [0.4, 0.5) is 17.1 Å². The molecule has 0 bridgehead atoms. The van der Waals surface area contributed by atoms with Crippen LogP contribution in [0, 0.1) is 0 Å². The lowest BCUT2D eigenvalue weighted by molar-refractivity contribution is 0.620. The van der Waals surface area contributed by atoms with Crippen molar-refractivity contribution in [3.63, 3.8) is 0 Å². The van der Waals surface area contributed by atoms with Gasteiger partial charge in [-0.2, -0.15) is 0 Å². The topological polar surface area (TPSA) is 55.6 Å². The van der Waals surface area contributed by atoms with Crippen LogP contribution in [0.15, 0.2) is 183 Å². The van der Waals surface area contributed by atoms with Crippen LogP contribution in [0.2, 0.25) is 0 Å². The monoisotopic (exact) mass is 668 g/mol. The van der Waals surface area contributed by atoms with Gasteiger partial charge < -0.3 is 18.2 Å². The molecule has 244 valence electrons. The summed E-state index contributed by atoms with van der Waals surface area (Å²) in [5.41, 5.74) is 11.0. The van der Waals surface area contributed by atoms with Crippen molar-refractivity contribution in [2.45, 2.75) is 0 Å². The lowest BCUT2D eigenvalue weighted by Gasteiger charge is -2.26. The molecule has 0 spiro atoms. The quantitative estimate of drug-likeness (QED) is 0.183. The normalized spacial score (nSPS) is 11.8. The fourth-order valence-corrected chi connectivity index (χ4v) is 7.68. The van der Waals surface area contributed by atoms with E-state index in [9.17, 15) is 0 Å².